The van der Waals surface area contributed by atoms with Gasteiger partial charge in [0.1, 0.15) is 0 Å². The quantitative estimate of drug-likeness (QED) is 0.907. The zero-order valence-corrected chi connectivity index (χ0v) is 11.1. The summed E-state index contributed by atoms with van der Waals surface area (Å²) in [5, 5.41) is 14.1. The maximum absolute atomic E-state index is 12.5. The van der Waals surface area contributed by atoms with Gasteiger partial charge in [-0.05, 0) is 29.8 Å². The Balaban J connectivity index is 1.65. The van der Waals surface area contributed by atoms with Crippen molar-refractivity contribution < 1.29 is 13.2 Å². The second kappa shape index (κ2) is 5.43. The smallest absolute Gasteiger partial charge is 0.365 e. The number of rotatable bonds is 4. The Morgan fingerprint density at radius 1 is 1.38 bits per heavy atom. The van der Waals surface area contributed by atoms with E-state index in [1.165, 1.54) is 15.6 Å². The molecule has 1 N–H and O–H groups in total. The summed E-state index contributed by atoms with van der Waals surface area (Å²) < 4.78 is 39.0. The maximum Gasteiger partial charge on any atom is 0.401 e. The number of alkyl halides is 3. The molecule has 1 atom stereocenters. The number of hydrogen-bond donors (Lipinski definition) is 1. The van der Waals surface area contributed by atoms with Gasteiger partial charge < -0.3 is 5.32 Å². The number of halogens is 3. The zero-order chi connectivity index (χ0) is 14.9. The summed E-state index contributed by atoms with van der Waals surface area (Å²) in [7, 11) is 0. The van der Waals surface area contributed by atoms with E-state index in [-0.39, 0.29) is 6.04 Å². The molecule has 2 aromatic rings. The van der Waals surface area contributed by atoms with Gasteiger partial charge in [0, 0.05) is 18.8 Å². The van der Waals surface area contributed by atoms with E-state index >= 15 is 0 Å². The largest absolute Gasteiger partial charge is 0.401 e. The summed E-state index contributed by atoms with van der Waals surface area (Å²) in [5.74, 6) is 0.473. The molecular formula is C11H14F3N7. The molecule has 0 radical (unpaired) electrons. The van der Waals surface area contributed by atoms with E-state index in [4.69, 9.17) is 0 Å². The zero-order valence-electron chi connectivity index (χ0n) is 11.1. The van der Waals surface area contributed by atoms with Gasteiger partial charge in [-0.1, -0.05) is 0 Å². The summed E-state index contributed by atoms with van der Waals surface area (Å²) >= 11 is 0. The minimum Gasteiger partial charge on any atom is -0.365 e. The molecule has 1 aliphatic rings. The van der Waals surface area contributed by atoms with Crippen molar-refractivity contribution in [1.82, 2.24) is 29.9 Å². The molecule has 0 spiro atoms. The Bertz CT molecular complexity index is 611. The fourth-order valence-corrected chi connectivity index (χ4v) is 2.58. The summed E-state index contributed by atoms with van der Waals surface area (Å²) in [4.78, 5) is 5.58. The number of nitrogens with one attached hydrogen (secondary N) is 1. The van der Waals surface area contributed by atoms with Crippen molar-refractivity contribution >= 4 is 11.5 Å². The molecule has 114 valence electrons. The first-order valence-corrected chi connectivity index (χ1v) is 6.60. The Morgan fingerprint density at radius 3 is 3.05 bits per heavy atom. The highest BCUT2D eigenvalue weighted by atomic mass is 19.4. The van der Waals surface area contributed by atoms with Crippen LogP contribution in [0.25, 0.3) is 5.65 Å². The number of hydrogen-bond acceptors (Lipinski definition) is 6. The number of aromatic nitrogens is 5. The third-order valence-corrected chi connectivity index (χ3v) is 3.50. The van der Waals surface area contributed by atoms with Gasteiger partial charge >= 0.3 is 6.18 Å². The van der Waals surface area contributed by atoms with Gasteiger partial charge in [-0.3, -0.25) is 4.90 Å². The molecular weight excluding hydrogens is 287 g/mol. The molecule has 0 aliphatic carbocycles. The lowest BCUT2D eigenvalue weighted by Crippen LogP contribution is -2.41. The molecule has 7 nitrogen and oxygen atoms in total. The third kappa shape index (κ3) is 3.20. The van der Waals surface area contributed by atoms with Crippen molar-refractivity contribution in [2.24, 2.45) is 0 Å². The normalized spacial score (nSPS) is 20.2. The van der Waals surface area contributed by atoms with Gasteiger partial charge in [-0.25, -0.2) is 4.98 Å². The van der Waals surface area contributed by atoms with Crippen molar-refractivity contribution in [3.8, 4) is 0 Å². The van der Waals surface area contributed by atoms with Gasteiger partial charge in [0.2, 0.25) is 5.65 Å². The average Bonchev–Trinajstić information content (AvgIpc) is 3.03. The molecule has 3 rings (SSSR count). The first kappa shape index (κ1) is 14.0. The number of nitrogens with zero attached hydrogens (tertiary/aromatic N) is 6. The molecule has 1 fully saturated rings. The molecule has 1 aliphatic heterocycles. The fourth-order valence-electron chi connectivity index (χ4n) is 2.58. The van der Waals surface area contributed by atoms with Gasteiger partial charge in [-0.2, -0.15) is 17.7 Å². The molecule has 0 saturated carbocycles. The van der Waals surface area contributed by atoms with Crippen molar-refractivity contribution in [2.45, 2.75) is 25.1 Å². The Morgan fingerprint density at radius 2 is 2.24 bits per heavy atom. The predicted molar refractivity (Wildman–Crippen MR) is 67.7 cm³/mol. The minimum absolute atomic E-state index is 0.162. The van der Waals surface area contributed by atoms with E-state index in [1.807, 2.05) is 0 Å². The lowest BCUT2D eigenvalue weighted by Gasteiger charge is -2.25. The van der Waals surface area contributed by atoms with Gasteiger partial charge in [0.15, 0.2) is 5.82 Å². The van der Waals surface area contributed by atoms with Crippen LogP contribution >= 0.6 is 0 Å². The molecule has 21 heavy (non-hydrogen) atoms. The van der Waals surface area contributed by atoms with Crippen molar-refractivity contribution in [3.63, 3.8) is 0 Å². The molecule has 10 heteroatoms. The van der Waals surface area contributed by atoms with Crippen LogP contribution < -0.4 is 5.32 Å². The predicted octanol–water partition coefficient (Wildman–Crippen LogP) is 0.958. The van der Waals surface area contributed by atoms with Crippen LogP contribution in [-0.4, -0.2) is 61.8 Å². The molecule has 2 aromatic heterocycles. The lowest BCUT2D eigenvalue weighted by atomic mass is 10.2. The van der Waals surface area contributed by atoms with E-state index in [9.17, 15) is 13.2 Å². The van der Waals surface area contributed by atoms with Crippen LogP contribution in [0.2, 0.25) is 0 Å². The molecule has 3 heterocycles. The summed E-state index contributed by atoms with van der Waals surface area (Å²) in [5.41, 5.74) is 0.456. The average molecular weight is 301 g/mol. The number of anilines is 1. The number of fused-ring (bicyclic) bond motifs is 1. The monoisotopic (exact) mass is 301 g/mol. The molecule has 0 amide bonds. The van der Waals surface area contributed by atoms with E-state index in [2.05, 4.69) is 25.8 Å². The van der Waals surface area contributed by atoms with E-state index in [0.717, 1.165) is 12.8 Å². The summed E-state index contributed by atoms with van der Waals surface area (Å²) in [6.45, 7) is -0.0188. The summed E-state index contributed by atoms with van der Waals surface area (Å²) in [6.07, 6.45) is 0.474. The number of likely N-dealkylation sites (tertiary alicyclic amines) is 1. The van der Waals surface area contributed by atoms with Crippen molar-refractivity contribution in [1.29, 1.82) is 0 Å². The molecule has 0 aromatic carbocycles. The highest BCUT2D eigenvalue weighted by molar-refractivity contribution is 5.60. The summed E-state index contributed by atoms with van der Waals surface area (Å²) in [6, 6.07) is -0.162. The third-order valence-electron chi connectivity index (χ3n) is 3.50. The van der Waals surface area contributed by atoms with Gasteiger partial charge in [-0.15, -0.1) is 5.10 Å². The molecule has 1 unspecified atom stereocenters. The Labute approximate surface area is 118 Å². The van der Waals surface area contributed by atoms with Gasteiger partial charge in [0.05, 0.1) is 12.7 Å². The van der Waals surface area contributed by atoms with E-state index < -0.39 is 12.7 Å². The first-order valence-electron chi connectivity index (χ1n) is 6.60. The molecule has 0 bridgehead atoms. The van der Waals surface area contributed by atoms with Crippen molar-refractivity contribution in [2.75, 3.05) is 25.0 Å². The highest BCUT2D eigenvalue weighted by Crippen LogP contribution is 2.24. The standard InChI is InChI=1S/C11H14F3N7/c12-11(13,14)7-20-4-1-2-8(20)6-16-9-10-17-18-19-21(10)5-3-15-9/h3,5,8H,1-2,4,6-7H2,(H,15,16). The van der Waals surface area contributed by atoms with Crippen LogP contribution in [-0.2, 0) is 0 Å². The first-order chi connectivity index (χ1) is 10.0. The SMILES string of the molecule is FC(F)(F)CN1CCCC1CNc1nccn2nnnc12. The second-order valence-electron chi connectivity index (χ2n) is 4.99. The highest BCUT2D eigenvalue weighted by Gasteiger charge is 2.35. The Hall–Kier alpha value is -1.97. The fraction of sp³-hybridized carbons (Fsp3) is 0.636. The number of tetrazole rings is 1. The maximum atomic E-state index is 12.5. The van der Waals surface area contributed by atoms with Crippen LogP contribution in [0.1, 0.15) is 12.8 Å². The topological polar surface area (TPSA) is 71.2 Å². The van der Waals surface area contributed by atoms with E-state index in [0.29, 0.717) is 24.6 Å². The Kier molecular flexibility index (Phi) is 3.62. The van der Waals surface area contributed by atoms with Crippen LogP contribution in [0.4, 0.5) is 19.0 Å². The minimum atomic E-state index is -4.17. The van der Waals surface area contributed by atoms with Crippen LogP contribution in [0.5, 0.6) is 0 Å². The van der Waals surface area contributed by atoms with Gasteiger partial charge in [0.25, 0.3) is 0 Å². The second-order valence-corrected chi connectivity index (χ2v) is 4.99. The van der Waals surface area contributed by atoms with Crippen LogP contribution in [0.15, 0.2) is 12.4 Å². The van der Waals surface area contributed by atoms with Crippen molar-refractivity contribution in [3.05, 3.63) is 12.4 Å². The van der Waals surface area contributed by atoms with Crippen LogP contribution in [0.3, 0.4) is 0 Å². The van der Waals surface area contributed by atoms with E-state index in [1.54, 1.807) is 6.20 Å². The molecule has 1 saturated heterocycles. The van der Waals surface area contributed by atoms with Crippen LogP contribution in [0, 0.1) is 0 Å². The lowest BCUT2D eigenvalue weighted by molar-refractivity contribution is -0.147.